The van der Waals surface area contributed by atoms with Gasteiger partial charge in [-0.3, -0.25) is 0 Å². The zero-order chi connectivity index (χ0) is 8.04. The van der Waals surface area contributed by atoms with Crippen molar-refractivity contribution in [1.82, 2.24) is 0 Å². The van der Waals surface area contributed by atoms with Crippen LogP contribution in [0.5, 0.6) is 0 Å². The molecule has 1 radical (unpaired) electrons. The molecule has 2 N–H and O–H groups in total. The fourth-order valence-corrected chi connectivity index (χ4v) is 4.66. The topological polar surface area (TPSA) is 46.5 Å². The van der Waals surface area contributed by atoms with Gasteiger partial charge in [0.05, 0.1) is 0 Å². The van der Waals surface area contributed by atoms with Crippen molar-refractivity contribution in [1.29, 1.82) is 0 Å². The van der Waals surface area contributed by atoms with Gasteiger partial charge in [0, 0.05) is 0 Å². The molecule has 0 aromatic heterocycles. The summed E-state index contributed by atoms with van der Waals surface area (Å²) in [5.74, 6) is 0. The first-order chi connectivity index (χ1) is 4.68. The monoisotopic (exact) mass is 297 g/mol. The third kappa shape index (κ3) is 4.27. The van der Waals surface area contributed by atoms with E-state index in [1.54, 1.807) is 0 Å². The summed E-state index contributed by atoms with van der Waals surface area (Å²) in [4.78, 5) is 0. The minimum atomic E-state index is -1.73. The van der Waals surface area contributed by atoms with Gasteiger partial charge in [-0.15, -0.1) is 0 Å². The van der Waals surface area contributed by atoms with E-state index in [1.165, 1.54) is 0 Å². The van der Waals surface area contributed by atoms with Gasteiger partial charge in [-0.05, 0) is 0 Å². The molecule has 61 valence electrons. The van der Waals surface area contributed by atoms with Crippen LogP contribution in [0.2, 0.25) is 0 Å². The van der Waals surface area contributed by atoms with Crippen molar-refractivity contribution in [3.63, 3.8) is 0 Å². The molecule has 6 heteroatoms. The Morgan fingerprint density at radius 2 is 2.30 bits per heavy atom. The van der Waals surface area contributed by atoms with Crippen LogP contribution >= 0.6 is 4.65 Å². The summed E-state index contributed by atoms with van der Waals surface area (Å²) >= 11 is 2.86. The van der Waals surface area contributed by atoms with Crippen LogP contribution in [0.15, 0.2) is 0 Å². The van der Waals surface area contributed by atoms with Gasteiger partial charge in [-0.1, -0.05) is 0 Å². The average Bonchev–Trinajstić information content (AvgIpc) is 1.89. The summed E-state index contributed by atoms with van der Waals surface area (Å²) in [7, 11) is 0. The number of rotatable bonds is 5. The van der Waals surface area contributed by atoms with Gasteiger partial charge in [0.1, 0.15) is 0 Å². The molecule has 0 aliphatic heterocycles. The van der Waals surface area contributed by atoms with Crippen LogP contribution in [0.1, 0.15) is 13.8 Å². The first-order valence-corrected chi connectivity index (χ1v) is 10.0. The van der Waals surface area contributed by atoms with Gasteiger partial charge in [0.15, 0.2) is 0 Å². The number of hydrogen-bond donors (Lipinski definition) is 1. The Bertz CT molecular complexity index is 122. The van der Waals surface area contributed by atoms with Crippen LogP contribution in [-0.2, 0) is 9.05 Å². The molecule has 0 aliphatic carbocycles. The van der Waals surface area contributed by atoms with Gasteiger partial charge in [0.25, 0.3) is 0 Å². The number of nitrogens with two attached hydrogens (primary N) is 1. The second-order valence-corrected chi connectivity index (χ2v) is 13.9. The summed E-state index contributed by atoms with van der Waals surface area (Å²) in [6, 6.07) is 0. The minimum absolute atomic E-state index is 0.0565. The summed E-state index contributed by atoms with van der Waals surface area (Å²) < 4.78 is 14.5. The number of hydrogen-bond acceptors (Lipinski definition) is 3. The molecule has 0 saturated heterocycles. The SMILES string of the molecule is CCOP(=[Se])([O+]CC)[Se]N. The van der Waals surface area contributed by atoms with Crippen molar-refractivity contribution in [3.05, 3.63) is 0 Å². The normalized spacial score (nSPS) is 16.7. The van der Waals surface area contributed by atoms with Crippen molar-refractivity contribution < 1.29 is 9.05 Å². The molecule has 0 aromatic carbocycles. The Morgan fingerprint density at radius 3 is 2.60 bits per heavy atom. The van der Waals surface area contributed by atoms with E-state index >= 15 is 0 Å². The Labute approximate surface area is 75.4 Å². The quantitative estimate of drug-likeness (QED) is 0.456. The zero-order valence-corrected chi connectivity index (χ0v) is 10.4. The Balaban J connectivity index is 3.83. The molecule has 0 bridgehead atoms. The molecule has 0 saturated carbocycles. The molecule has 0 aromatic rings. The third-order valence-corrected chi connectivity index (χ3v) is 9.20. The molecule has 0 spiro atoms. The maximum absolute atomic E-state index is 5.51. The van der Waals surface area contributed by atoms with Crippen molar-refractivity contribution in [2.24, 2.45) is 4.75 Å². The molecule has 0 amide bonds. The van der Waals surface area contributed by atoms with Gasteiger partial charge in [0.2, 0.25) is 0 Å². The van der Waals surface area contributed by atoms with Crippen molar-refractivity contribution in [3.8, 4) is 0 Å². The molecule has 0 fully saturated rings. The summed E-state index contributed by atoms with van der Waals surface area (Å²) in [6.45, 7) is 5.22. The van der Waals surface area contributed by atoms with Crippen LogP contribution in [0, 0.1) is 0 Å². The van der Waals surface area contributed by atoms with E-state index in [9.17, 15) is 0 Å². The molecule has 0 unspecified atom stereocenters. The van der Waals surface area contributed by atoms with Crippen LogP contribution in [0.3, 0.4) is 0 Å². The standard InChI is InChI=1S/C4H12NO2PSe2/c1-3-6-8(9,10-5)7-4-2/h3-5H2,1-2H3/q+1. The fourth-order valence-electron chi connectivity index (χ4n) is 0.414. The van der Waals surface area contributed by atoms with Crippen molar-refractivity contribution in [2.75, 3.05) is 13.2 Å². The van der Waals surface area contributed by atoms with E-state index < -0.39 is 4.65 Å². The summed E-state index contributed by atoms with van der Waals surface area (Å²) in [5.41, 5.74) is 0. The predicted octanol–water partition coefficient (Wildman–Crippen LogP) is 0.483. The second-order valence-electron chi connectivity index (χ2n) is 1.39. The molecule has 3 nitrogen and oxygen atoms in total. The van der Waals surface area contributed by atoms with Crippen molar-refractivity contribution >= 4 is 34.5 Å². The first-order valence-electron chi connectivity index (χ1n) is 2.96. The van der Waals surface area contributed by atoms with Crippen molar-refractivity contribution in [2.45, 2.75) is 13.8 Å². The summed E-state index contributed by atoms with van der Waals surface area (Å²) in [5, 5.41) is 0. The van der Waals surface area contributed by atoms with Gasteiger partial charge in [-0.2, -0.15) is 0 Å². The Kier molecular flexibility index (Phi) is 6.73. The predicted molar refractivity (Wildman–Crippen MR) is 45.9 cm³/mol. The average molecular weight is 295 g/mol. The third-order valence-electron chi connectivity index (χ3n) is 0.704. The van der Waals surface area contributed by atoms with Crippen LogP contribution in [0.4, 0.5) is 0 Å². The summed E-state index contributed by atoms with van der Waals surface area (Å²) in [6.07, 6.45) is 0. The van der Waals surface area contributed by atoms with E-state index in [1.807, 2.05) is 13.8 Å². The van der Waals surface area contributed by atoms with E-state index in [0.29, 0.717) is 13.2 Å². The van der Waals surface area contributed by atoms with Gasteiger partial charge in [-0.25, -0.2) is 0 Å². The Morgan fingerprint density at radius 1 is 1.70 bits per heavy atom. The van der Waals surface area contributed by atoms with Crippen LogP contribution in [0.25, 0.3) is 0 Å². The van der Waals surface area contributed by atoms with Gasteiger partial charge >= 0.3 is 75.3 Å². The zero-order valence-electron chi connectivity index (χ0n) is 6.07. The Hall–Kier alpha value is 1.35. The molecule has 0 rings (SSSR count). The van der Waals surface area contributed by atoms with E-state index in [-0.39, 0.29) is 14.7 Å². The molecular formula is C4H12NO2PSe2+. The molecule has 10 heavy (non-hydrogen) atoms. The maximum atomic E-state index is 5.51. The van der Waals surface area contributed by atoms with Crippen LogP contribution < -0.4 is 4.75 Å². The van der Waals surface area contributed by atoms with Gasteiger partial charge < -0.3 is 0 Å². The van der Waals surface area contributed by atoms with E-state index in [0.717, 1.165) is 0 Å². The molecule has 0 aliphatic rings. The second kappa shape index (κ2) is 5.93. The molecular weight excluding hydrogens is 283 g/mol. The van der Waals surface area contributed by atoms with E-state index in [2.05, 4.69) is 15.1 Å². The fraction of sp³-hybridized carbons (Fsp3) is 1.00. The molecule has 0 atom stereocenters. The van der Waals surface area contributed by atoms with E-state index in [4.69, 9.17) is 13.8 Å². The first kappa shape index (κ1) is 11.3. The molecule has 0 heterocycles. The van der Waals surface area contributed by atoms with Crippen LogP contribution in [-0.4, -0.2) is 43.0 Å².